The Kier molecular flexibility index (Phi) is 5.96. The highest BCUT2D eigenvalue weighted by atomic mass is 16.2. The summed E-state index contributed by atoms with van der Waals surface area (Å²) in [5.41, 5.74) is 1.42. The molecule has 0 aromatic carbocycles. The Morgan fingerprint density at radius 1 is 0.900 bits per heavy atom. The van der Waals surface area contributed by atoms with Gasteiger partial charge in [-0.2, -0.15) is 4.98 Å². The third kappa shape index (κ3) is 4.60. The summed E-state index contributed by atoms with van der Waals surface area (Å²) in [4.78, 5) is 44.5. The highest BCUT2D eigenvalue weighted by Gasteiger charge is 2.24. The van der Waals surface area contributed by atoms with Gasteiger partial charge in [-0.05, 0) is 33.1 Å². The fourth-order valence-electron chi connectivity index (χ4n) is 4.00. The van der Waals surface area contributed by atoms with Gasteiger partial charge in [-0.3, -0.25) is 14.2 Å². The van der Waals surface area contributed by atoms with Gasteiger partial charge in [-0.1, -0.05) is 0 Å². The van der Waals surface area contributed by atoms with E-state index in [9.17, 15) is 9.59 Å². The molecule has 0 unspecified atom stereocenters. The number of hydrogen-bond acceptors (Lipinski definition) is 7. The lowest BCUT2D eigenvalue weighted by Gasteiger charge is -2.36. The second-order valence-electron chi connectivity index (χ2n) is 8.08. The Morgan fingerprint density at radius 3 is 2.33 bits per heavy atom. The summed E-state index contributed by atoms with van der Waals surface area (Å²) in [5, 5.41) is 0. The number of piperidine rings is 1. The smallest absolute Gasteiger partial charge is 0.253 e. The molecule has 0 aliphatic carbocycles. The van der Waals surface area contributed by atoms with Crippen molar-refractivity contribution in [1.29, 1.82) is 0 Å². The van der Waals surface area contributed by atoms with Crippen molar-refractivity contribution in [2.75, 3.05) is 49.1 Å². The average molecular weight is 412 g/mol. The maximum atomic E-state index is 12.7. The predicted molar refractivity (Wildman–Crippen MR) is 115 cm³/mol. The normalized spacial score (nSPS) is 17.3. The van der Waals surface area contributed by atoms with Crippen LogP contribution in [0.25, 0.3) is 0 Å². The van der Waals surface area contributed by atoms with E-state index in [1.54, 1.807) is 6.92 Å². The first-order chi connectivity index (χ1) is 14.5. The molecule has 1 amide bonds. The number of carbonyl (C=O) groups excluding carboxylic acids is 1. The molecular weight excluding hydrogens is 382 g/mol. The molecule has 0 N–H and O–H groups in total. The molecule has 9 nitrogen and oxygen atoms in total. The molecule has 2 aliphatic heterocycles. The van der Waals surface area contributed by atoms with Gasteiger partial charge in [0.25, 0.3) is 5.56 Å². The van der Waals surface area contributed by atoms with Crippen molar-refractivity contribution in [2.24, 2.45) is 0 Å². The van der Waals surface area contributed by atoms with Crippen molar-refractivity contribution in [2.45, 2.75) is 39.7 Å². The van der Waals surface area contributed by atoms with Crippen LogP contribution in [0.2, 0.25) is 0 Å². The minimum absolute atomic E-state index is 0.0256. The van der Waals surface area contributed by atoms with Crippen LogP contribution < -0.4 is 15.4 Å². The SMILES string of the molecule is Cc1cc(=O)n(CC(=O)N2CCN(c3cc(C)nc(N4CCCCC4)n3)CC2)cn1. The van der Waals surface area contributed by atoms with Crippen molar-refractivity contribution in [3.63, 3.8) is 0 Å². The highest BCUT2D eigenvalue weighted by molar-refractivity contribution is 5.76. The summed E-state index contributed by atoms with van der Waals surface area (Å²) in [6, 6.07) is 3.46. The van der Waals surface area contributed by atoms with Crippen molar-refractivity contribution in [3.8, 4) is 0 Å². The lowest BCUT2D eigenvalue weighted by atomic mass is 10.1. The van der Waals surface area contributed by atoms with Crippen LogP contribution in [0.15, 0.2) is 23.3 Å². The molecular formula is C21H29N7O2. The quantitative estimate of drug-likeness (QED) is 0.741. The van der Waals surface area contributed by atoms with E-state index < -0.39 is 0 Å². The average Bonchev–Trinajstić information content (AvgIpc) is 2.76. The third-order valence-electron chi connectivity index (χ3n) is 5.75. The molecule has 2 fully saturated rings. The molecule has 30 heavy (non-hydrogen) atoms. The zero-order chi connectivity index (χ0) is 21.1. The van der Waals surface area contributed by atoms with Gasteiger partial charge in [0.2, 0.25) is 11.9 Å². The first-order valence-corrected chi connectivity index (χ1v) is 10.7. The standard InChI is InChI=1S/C21H29N7O2/c1-16-13-19(29)28(15-22-16)14-20(30)26-10-8-25(9-11-26)18-12-17(2)23-21(24-18)27-6-4-3-5-7-27/h12-13,15H,3-11,14H2,1-2H3. The van der Waals surface area contributed by atoms with Crippen molar-refractivity contribution < 1.29 is 4.79 Å². The summed E-state index contributed by atoms with van der Waals surface area (Å²) in [6.07, 6.45) is 5.09. The Morgan fingerprint density at radius 2 is 1.63 bits per heavy atom. The van der Waals surface area contributed by atoms with E-state index in [-0.39, 0.29) is 18.0 Å². The summed E-state index contributed by atoms with van der Waals surface area (Å²) in [5.74, 6) is 1.68. The topological polar surface area (TPSA) is 87.5 Å². The van der Waals surface area contributed by atoms with Crippen molar-refractivity contribution in [1.82, 2.24) is 24.4 Å². The van der Waals surface area contributed by atoms with E-state index in [4.69, 9.17) is 4.98 Å². The van der Waals surface area contributed by atoms with E-state index in [1.165, 1.54) is 36.2 Å². The molecule has 0 bridgehead atoms. The molecule has 4 heterocycles. The summed E-state index contributed by atoms with van der Waals surface area (Å²) in [6.45, 7) is 8.45. The van der Waals surface area contributed by atoms with Crippen LogP contribution in [0, 0.1) is 13.8 Å². The molecule has 2 saturated heterocycles. The highest BCUT2D eigenvalue weighted by Crippen LogP contribution is 2.21. The number of aryl methyl sites for hydroxylation is 2. The van der Waals surface area contributed by atoms with E-state index in [2.05, 4.69) is 19.8 Å². The summed E-state index contributed by atoms with van der Waals surface area (Å²) < 4.78 is 1.36. The first-order valence-electron chi connectivity index (χ1n) is 10.7. The van der Waals surface area contributed by atoms with E-state index in [1.807, 2.05) is 17.9 Å². The van der Waals surface area contributed by atoms with Gasteiger partial charge in [-0.25, -0.2) is 9.97 Å². The lowest BCUT2D eigenvalue weighted by molar-refractivity contribution is -0.132. The third-order valence-corrected chi connectivity index (χ3v) is 5.75. The van der Waals surface area contributed by atoms with E-state index in [0.717, 1.165) is 30.5 Å². The molecule has 9 heteroatoms. The Hall–Kier alpha value is -2.97. The molecule has 0 saturated carbocycles. The van der Waals surface area contributed by atoms with Crippen LogP contribution in [0.3, 0.4) is 0 Å². The monoisotopic (exact) mass is 411 g/mol. The number of aromatic nitrogens is 4. The Balaban J connectivity index is 1.38. The molecule has 0 atom stereocenters. The molecule has 4 rings (SSSR count). The second-order valence-corrected chi connectivity index (χ2v) is 8.08. The zero-order valence-corrected chi connectivity index (χ0v) is 17.8. The number of hydrogen-bond donors (Lipinski definition) is 0. The van der Waals surface area contributed by atoms with Crippen LogP contribution in [-0.2, 0) is 11.3 Å². The van der Waals surface area contributed by atoms with Crippen LogP contribution in [0.5, 0.6) is 0 Å². The molecule has 2 aliphatic rings. The maximum absolute atomic E-state index is 12.7. The largest absolute Gasteiger partial charge is 0.353 e. The number of amides is 1. The summed E-state index contributed by atoms with van der Waals surface area (Å²) in [7, 11) is 0. The zero-order valence-electron chi connectivity index (χ0n) is 17.8. The minimum atomic E-state index is -0.198. The fraction of sp³-hybridized carbons (Fsp3) is 0.571. The molecule has 2 aromatic heterocycles. The maximum Gasteiger partial charge on any atom is 0.253 e. The second kappa shape index (κ2) is 8.81. The number of nitrogens with zero attached hydrogens (tertiary/aromatic N) is 7. The van der Waals surface area contributed by atoms with E-state index >= 15 is 0 Å². The summed E-state index contributed by atoms with van der Waals surface area (Å²) >= 11 is 0. The molecule has 0 spiro atoms. The number of piperazine rings is 1. The predicted octanol–water partition coefficient (Wildman–Crippen LogP) is 0.989. The van der Waals surface area contributed by atoms with Gasteiger partial charge in [0.05, 0.1) is 6.33 Å². The van der Waals surface area contributed by atoms with Crippen LogP contribution in [0.1, 0.15) is 30.7 Å². The number of rotatable bonds is 4. The molecule has 0 radical (unpaired) electrons. The lowest BCUT2D eigenvalue weighted by Crippen LogP contribution is -2.50. The molecule has 2 aromatic rings. The van der Waals surface area contributed by atoms with Crippen molar-refractivity contribution in [3.05, 3.63) is 40.2 Å². The first kappa shape index (κ1) is 20.3. The van der Waals surface area contributed by atoms with Gasteiger partial charge >= 0.3 is 0 Å². The van der Waals surface area contributed by atoms with Crippen LogP contribution in [0.4, 0.5) is 11.8 Å². The van der Waals surface area contributed by atoms with Crippen LogP contribution >= 0.6 is 0 Å². The fourth-order valence-corrected chi connectivity index (χ4v) is 4.00. The van der Waals surface area contributed by atoms with Gasteiger partial charge in [0.1, 0.15) is 12.4 Å². The minimum Gasteiger partial charge on any atom is -0.353 e. The molecule has 160 valence electrons. The Bertz CT molecular complexity index is 960. The number of carbonyl (C=O) groups is 1. The van der Waals surface area contributed by atoms with Crippen molar-refractivity contribution >= 4 is 17.7 Å². The number of anilines is 2. The van der Waals surface area contributed by atoms with Gasteiger partial charge in [0, 0.05) is 62.8 Å². The van der Waals surface area contributed by atoms with Gasteiger partial charge in [-0.15, -0.1) is 0 Å². The van der Waals surface area contributed by atoms with Gasteiger partial charge < -0.3 is 14.7 Å². The van der Waals surface area contributed by atoms with Crippen LogP contribution in [-0.4, -0.2) is 69.6 Å². The van der Waals surface area contributed by atoms with Gasteiger partial charge in [0.15, 0.2) is 0 Å². The van der Waals surface area contributed by atoms with E-state index in [0.29, 0.717) is 31.9 Å². The Labute approximate surface area is 176 Å².